The second kappa shape index (κ2) is 5.02. The van der Waals surface area contributed by atoms with E-state index in [1.807, 2.05) is 11.0 Å². The van der Waals surface area contributed by atoms with Crippen molar-refractivity contribution in [1.82, 2.24) is 0 Å². The maximum atomic E-state index is 11.0. The number of anilines is 1. The molecule has 0 saturated carbocycles. The predicted octanol–water partition coefficient (Wildman–Crippen LogP) is 1.43. The highest BCUT2D eigenvalue weighted by molar-refractivity contribution is 5.66. The van der Waals surface area contributed by atoms with Crippen LogP contribution in [0.25, 0.3) is 0 Å². The van der Waals surface area contributed by atoms with Crippen LogP contribution < -0.4 is 4.90 Å². The van der Waals surface area contributed by atoms with Gasteiger partial charge in [-0.05, 0) is 25.0 Å². The van der Waals surface area contributed by atoms with Gasteiger partial charge in [0.1, 0.15) is 5.69 Å². The molecule has 1 N–H and O–H groups in total. The van der Waals surface area contributed by atoms with E-state index in [-0.39, 0.29) is 11.8 Å². The highest BCUT2D eigenvalue weighted by atomic mass is 16.6. The van der Waals surface area contributed by atoms with Gasteiger partial charge in [0.15, 0.2) is 0 Å². The van der Waals surface area contributed by atoms with Crippen molar-refractivity contribution in [1.29, 1.82) is 5.26 Å². The zero-order valence-electron chi connectivity index (χ0n) is 9.74. The number of nitro benzene ring substituents is 1. The van der Waals surface area contributed by atoms with Crippen molar-refractivity contribution in [2.24, 2.45) is 0 Å². The number of aliphatic hydroxyl groups excluding tert-OH is 1. The van der Waals surface area contributed by atoms with E-state index in [2.05, 4.69) is 0 Å². The van der Waals surface area contributed by atoms with Crippen LogP contribution >= 0.6 is 0 Å². The molecule has 0 spiro atoms. The van der Waals surface area contributed by atoms with Crippen LogP contribution in [-0.2, 0) is 0 Å². The number of nitrogens with zero attached hydrogens (tertiary/aromatic N) is 3. The van der Waals surface area contributed by atoms with Crippen molar-refractivity contribution in [2.75, 3.05) is 18.0 Å². The van der Waals surface area contributed by atoms with Crippen LogP contribution in [0, 0.1) is 21.4 Å². The van der Waals surface area contributed by atoms with E-state index < -0.39 is 4.92 Å². The summed E-state index contributed by atoms with van der Waals surface area (Å²) in [5.74, 6) is 0. The zero-order valence-corrected chi connectivity index (χ0v) is 9.74. The van der Waals surface area contributed by atoms with E-state index >= 15 is 0 Å². The second-order valence-corrected chi connectivity index (χ2v) is 4.29. The van der Waals surface area contributed by atoms with Crippen molar-refractivity contribution in [3.05, 3.63) is 33.9 Å². The third-order valence-corrected chi connectivity index (χ3v) is 3.11. The lowest BCUT2D eigenvalue weighted by Crippen LogP contribution is -2.36. The van der Waals surface area contributed by atoms with Crippen molar-refractivity contribution in [2.45, 2.75) is 18.9 Å². The minimum atomic E-state index is -0.443. The fraction of sp³-hybridized carbons (Fsp3) is 0.417. The molecule has 94 valence electrons. The first kappa shape index (κ1) is 12.3. The molecule has 1 aromatic carbocycles. The summed E-state index contributed by atoms with van der Waals surface area (Å²) in [7, 11) is 0. The number of hydrogen-bond donors (Lipinski definition) is 1. The summed E-state index contributed by atoms with van der Waals surface area (Å²) in [6.07, 6.45) is 0.849. The second-order valence-electron chi connectivity index (χ2n) is 4.29. The molecule has 1 fully saturated rings. The summed E-state index contributed by atoms with van der Waals surface area (Å²) < 4.78 is 0. The highest BCUT2D eigenvalue weighted by Crippen LogP contribution is 2.31. The summed E-state index contributed by atoms with van der Waals surface area (Å²) in [4.78, 5) is 12.4. The summed E-state index contributed by atoms with van der Waals surface area (Å²) in [6.45, 7) is 1.13. The van der Waals surface area contributed by atoms with Gasteiger partial charge in [-0.2, -0.15) is 5.26 Å². The summed E-state index contributed by atoms with van der Waals surface area (Å²) in [6, 6.07) is 6.33. The number of aliphatic hydroxyl groups is 1. The quantitative estimate of drug-likeness (QED) is 0.630. The topological polar surface area (TPSA) is 90.4 Å². The van der Waals surface area contributed by atoms with E-state index in [1.165, 1.54) is 18.2 Å². The van der Waals surface area contributed by atoms with Gasteiger partial charge in [0.2, 0.25) is 0 Å². The molecular formula is C12H13N3O3. The molecule has 0 bridgehead atoms. The van der Waals surface area contributed by atoms with Crippen molar-refractivity contribution in [3.8, 4) is 6.07 Å². The minimum Gasteiger partial charge on any atom is -0.393 e. The van der Waals surface area contributed by atoms with E-state index in [0.29, 0.717) is 37.2 Å². The molecule has 0 atom stereocenters. The Morgan fingerprint density at radius 3 is 2.67 bits per heavy atom. The van der Waals surface area contributed by atoms with Gasteiger partial charge < -0.3 is 10.0 Å². The number of benzene rings is 1. The maximum Gasteiger partial charge on any atom is 0.292 e. The average Bonchev–Trinajstić information content (AvgIpc) is 2.38. The first-order valence-electron chi connectivity index (χ1n) is 5.73. The van der Waals surface area contributed by atoms with Crippen LogP contribution in [0.1, 0.15) is 18.4 Å². The molecule has 1 saturated heterocycles. The smallest absolute Gasteiger partial charge is 0.292 e. The summed E-state index contributed by atoms with van der Waals surface area (Å²) >= 11 is 0. The van der Waals surface area contributed by atoms with Crippen LogP contribution in [0.3, 0.4) is 0 Å². The number of piperidine rings is 1. The van der Waals surface area contributed by atoms with Gasteiger partial charge in [-0.3, -0.25) is 10.1 Å². The fourth-order valence-corrected chi connectivity index (χ4v) is 2.11. The van der Waals surface area contributed by atoms with Crippen LogP contribution in [0.2, 0.25) is 0 Å². The predicted molar refractivity (Wildman–Crippen MR) is 65.3 cm³/mol. The maximum absolute atomic E-state index is 11.0. The van der Waals surface area contributed by atoms with Crippen LogP contribution in [0.5, 0.6) is 0 Å². The Bertz CT molecular complexity index is 502. The molecule has 0 radical (unpaired) electrons. The molecule has 0 amide bonds. The molecule has 0 unspecified atom stereocenters. The fourth-order valence-electron chi connectivity index (χ4n) is 2.11. The molecule has 18 heavy (non-hydrogen) atoms. The summed E-state index contributed by atoms with van der Waals surface area (Å²) in [5, 5.41) is 29.3. The molecule has 2 rings (SSSR count). The molecule has 1 heterocycles. The van der Waals surface area contributed by atoms with Gasteiger partial charge in [-0.15, -0.1) is 0 Å². The van der Waals surface area contributed by atoms with E-state index in [9.17, 15) is 15.2 Å². The molecule has 0 aromatic heterocycles. The van der Waals surface area contributed by atoms with E-state index in [0.717, 1.165) is 0 Å². The molecule has 1 aromatic rings. The zero-order chi connectivity index (χ0) is 13.1. The van der Waals surface area contributed by atoms with Crippen molar-refractivity contribution < 1.29 is 10.0 Å². The number of rotatable bonds is 2. The molecule has 1 aliphatic heterocycles. The largest absolute Gasteiger partial charge is 0.393 e. The van der Waals surface area contributed by atoms with Crippen molar-refractivity contribution in [3.63, 3.8) is 0 Å². The Balaban J connectivity index is 2.35. The van der Waals surface area contributed by atoms with Crippen LogP contribution in [0.4, 0.5) is 11.4 Å². The third kappa shape index (κ3) is 2.41. The van der Waals surface area contributed by atoms with Gasteiger partial charge in [0, 0.05) is 19.2 Å². The monoisotopic (exact) mass is 247 g/mol. The first-order chi connectivity index (χ1) is 8.61. The number of nitro groups is 1. The average molecular weight is 247 g/mol. The van der Waals surface area contributed by atoms with Gasteiger partial charge in [-0.1, -0.05) is 0 Å². The Hall–Kier alpha value is -2.13. The normalized spacial score (nSPS) is 16.3. The molecule has 0 aliphatic carbocycles. The minimum absolute atomic E-state index is 0.00499. The lowest BCUT2D eigenvalue weighted by molar-refractivity contribution is -0.384. The SMILES string of the molecule is N#Cc1ccc([N+](=O)[O-])c(N2CCC(O)CC2)c1. The first-order valence-corrected chi connectivity index (χ1v) is 5.73. The van der Waals surface area contributed by atoms with Gasteiger partial charge in [0.05, 0.1) is 22.7 Å². The molecule has 6 nitrogen and oxygen atoms in total. The van der Waals surface area contributed by atoms with Gasteiger partial charge in [-0.25, -0.2) is 0 Å². The van der Waals surface area contributed by atoms with Crippen LogP contribution in [-0.4, -0.2) is 29.2 Å². The molecule has 6 heteroatoms. The molecule has 1 aliphatic rings. The van der Waals surface area contributed by atoms with Gasteiger partial charge >= 0.3 is 0 Å². The lowest BCUT2D eigenvalue weighted by Gasteiger charge is -2.31. The lowest BCUT2D eigenvalue weighted by atomic mass is 10.1. The highest BCUT2D eigenvalue weighted by Gasteiger charge is 2.24. The standard InChI is InChI=1S/C12H13N3O3/c13-8-9-1-2-11(15(17)18)12(7-9)14-5-3-10(16)4-6-14/h1-2,7,10,16H,3-6H2. The Kier molecular flexibility index (Phi) is 3.44. The van der Waals surface area contributed by atoms with Gasteiger partial charge in [0.25, 0.3) is 5.69 Å². The Morgan fingerprint density at radius 1 is 1.44 bits per heavy atom. The Morgan fingerprint density at radius 2 is 2.11 bits per heavy atom. The summed E-state index contributed by atoms with van der Waals surface area (Å²) in [5.41, 5.74) is 0.873. The number of nitriles is 1. The van der Waals surface area contributed by atoms with Crippen molar-refractivity contribution >= 4 is 11.4 Å². The van der Waals surface area contributed by atoms with E-state index in [4.69, 9.17) is 5.26 Å². The number of hydrogen-bond acceptors (Lipinski definition) is 5. The molecular weight excluding hydrogens is 234 g/mol. The van der Waals surface area contributed by atoms with E-state index in [1.54, 1.807) is 0 Å². The Labute approximate surface area is 104 Å². The third-order valence-electron chi connectivity index (χ3n) is 3.11. The van der Waals surface area contributed by atoms with Crippen LogP contribution in [0.15, 0.2) is 18.2 Å².